The third kappa shape index (κ3) is 2.54. The molecular weight excluding hydrogens is 228 g/mol. The van der Waals surface area contributed by atoms with Crippen LogP contribution in [0.5, 0.6) is 5.88 Å². The number of aliphatic carboxylic acids is 1. The SMILES string of the molecule is COc1ccc(-c2noc(CC(=O)O)n2)nn1. The summed E-state index contributed by atoms with van der Waals surface area (Å²) >= 11 is 0. The second-order valence-electron chi connectivity index (χ2n) is 3.04. The average Bonchev–Trinajstić information content (AvgIpc) is 2.77. The lowest BCUT2D eigenvalue weighted by molar-refractivity contribution is -0.136. The number of carboxylic acid groups (broad SMARTS) is 1. The third-order valence-corrected chi connectivity index (χ3v) is 1.85. The van der Waals surface area contributed by atoms with Crippen molar-refractivity contribution in [1.29, 1.82) is 0 Å². The van der Waals surface area contributed by atoms with Crippen molar-refractivity contribution in [3.63, 3.8) is 0 Å². The molecule has 0 aromatic carbocycles. The van der Waals surface area contributed by atoms with Gasteiger partial charge in [-0.1, -0.05) is 5.16 Å². The summed E-state index contributed by atoms with van der Waals surface area (Å²) in [5, 5.41) is 19.7. The van der Waals surface area contributed by atoms with E-state index in [0.717, 1.165) is 0 Å². The molecule has 8 heteroatoms. The highest BCUT2D eigenvalue weighted by Gasteiger charge is 2.12. The molecule has 1 N–H and O–H groups in total. The fraction of sp³-hybridized carbons (Fsp3) is 0.222. The normalized spacial score (nSPS) is 10.2. The van der Waals surface area contributed by atoms with Crippen molar-refractivity contribution >= 4 is 5.97 Å². The van der Waals surface area contributed by atoms with E-state index in [-0.39, 0.29) is 18.1 Å². The summed E-state index contributed by atoms with van der Waals surface area (Å²) in [6, 6.07) is 3.19. The number of ether oxygens (including phenoxy) is 1. The Morgan fingerprint density at radius 3 is 2.88 bits per heavy atom. The molecule has 0 aliphatic carbocycles. The first-order valence-electron chi connectivity index (χ1n) is 4.61. The molecule has 0 saturated carbocycles. The van der Waals surface area contributed by atoms with Crippen LogP contribution in [0, 0.1) is 0 Å². The average molecular weight is 236 g/mol. The molecule has 2 heterocycles. The van der Waals surface area contributed by atoms with Crippen molar-refractivity contribution in [3.8, 4) is 17.4 Å². The smallest absolute Gasteiger partial charge is 0.312 e. The molecule has 8 nitrogen and oxygen atoms in total. The van der Waals surface area contributed by atoms with Crippen LogP contribution >= 0.6 is 0 Å². The summed E-state index contributed by atoms with van der Waals surface area (Å²) in [6.45, 7) is 0. The number of nitrogens with zero attached hydrogens (tertiary/aromatic N) is 4. The molecule has 0 fully saturated rings. The molecule has 2 aromatic heterocycles. The second-order valence-corrected chi connectivity index (χ2v) is 3.04. The van der Waals surface area contributed by atoms with Gasteiger partial charge in [-0.25, -0.2) is 0 Å². The lowest BCUT2D eigenvalue weighted by atomic mass is 10.3. The first-order valence-corrected chi connectivity index (χ1v) is 4.61. The molecular formula is C9H8N4O4. The number of hydrogen-bond donors (Lipinski definition) is 1. The number of carbonyl (C=O) groups is 1. The molecule has 0 atom stereocenters. The second kappa shape index (κ2) is 4.56. The highest BCUT2D eigenvalue weighted by atomic mass is 16.5. The molecule has 0 unspecified atom stereocenters. The first-order chi connectivity index (χ1) is 8.19. The van der Waals surface area contributed by atoms with Gasteiger partial charge in [0.1, 0.15) is 12.1 Å². The fourth-order valence-corrected chi connectivity index (χ4v) is 1.11. The molecule has 2 rings (SSSR count). The van der Waals surface area contributed by atoms with E-state index in [9.17, 15) is 4.79 Å². The van der Waals surface area contributed by atoms with Crippen molar-refractivity contribution in [3.05, 3.63) is 18.0 Å². The van der Waals surface area contributed by atoms with E-state index in [0.29, 0.717) is 11.6 Å². The van der Waals surface area contributed by atoms with Crippen molar-refractivity contribution in [2.45, 2.75) is 6.42 Å². The molecule has 0 amide bonds. The summed E-state index contributed by atoms with van der Waals surface area (Å²) in [6.07, 6.45) is -0.323. The summed E-state index contributed by atoms with van der Waals surface area (Å²) in [5.41, 5.74) is 0.381. The lowest BCUT2D eigenvalue weighted by Gasteiger charge is -1.96. The van der Waals surface area contributed by atoms with Gasteiger partial charge < -0.3 is 14.4 Å². The Hall–Kier alpha value is -2.51. The zero-order valence-corrected chi connectivity index (χ0v) is 8.82. The maximum Gasteiger partial charge on any atom is 0.312 e. The number of carboxylic acids is 1. The third-order valence-electron chi connectivity index (χ3n) is 1.85. The van der Waals surface area contributed by atoms with Gasteiger partial charge in [-0.3, -0.25) is 4.79 Å². The Bertz CT molecular complexity index is 522. The van der Waals surface area contributed by atoms with Gasteiger partial charge in [0.15, 0.2) is 0 Å². The molecule has 0 saturated heterocycles. The summed E-state index contributed by atoms with van der Waals surface area (Å²) < 4.78 is 9.59. The molecule has 17 heavy (non-hydrogen) atoms. The predicted octanol–water partition coefficient (Wildman–Crippen LogP) is 0.162. The summed E-state index contributed by atoms with van der Waals surface area (Å²) in [5.74, 6) is -0.467. The van der Waals surface area contributed by atoms with Crippen molar-refractivity contribution in [2.24, 2.45) is 0 Å². The summed E-state index contributed by atoms with van der Waals surface area (Å²) in [4.78, 5) is 14.3. The Labute approximate surface area is 95.2 Å². The zero-order chi connectivity index (χ0) is 12.3. The van der Waals surface area contributed by atoms with Crippen LogP contribution in [0.1, 0.15) is 5.89 Å². The van der Waals surface area contributed by atoms with Crippen molar-refractivity contribution in [1.82, 2.24) is 20.3 Å². The molecule has 0 spiro atoms. The van der Waals surface area contributed by atoms with E-state index in [4.69, 9.17) is 14.4 Å². The molecule has 2 aromatic rings. The van der Waals surface area contributed by atoms with Crippen LogP contribution in [-0.4, -0.2) is 38.5 Å². The van der Waals surface area contributed by atoms with Gasteiger partial charge in [-0.05, 0) is 6.07 Å². The molecule has 0 aliphatic rings. The number of rotatable bonds is 4. The van der Waals surface area contributed by atoms with Crippen LogP contribution in [0.3, 0.4) is 0 Å². The topological polar surface area (TPSA) is 111 Å². The van der Waals surface area contributed by atoms with E-state index >= 15 is 0 Å². The predicted molar refractivity (Wildman–Crippen MR) is 53.2 cm³/mol. The van der Waals surface area contributed by atoms with Gasteiger partial charge >= 0.3 is 5.97 Å². The van der Waals surface area contributed by atoms with Crippen LogP contribution in [0.25, 0.3) is 11.5 Å². The Morgan fingerprint density at radius 2 is 2.29 bits per heavy atom. The van der Waals surface area contributed by atoms with Crippen LogP contribution in [-0.2, 0) is 11.2 Å². The van der Waals surface area contributed by atoms with E-state index in [1.807, 2.05) is 0 Å². The Kier molecular flexibility index (Phi) is 2.95. The maximum absolute atomic E-state index is 10.4. The monoisotopic (exact) mass is 236 g/mol. The van der Waals surface area contributed by atoms with E-state index in [1.54, 1.807) is 12.1 Å². The minimum absolute atomic E-state index is 0.0186. The largest absolute Gasteiger partial charge is 0.481 e. The quantitative estimate of drug-likeness (QED) is 0.799. The van der Waals surface area contributed by atoms with Gasteiger partial charge in [0.25, 0.3) is 0 Å². The van der Waals surface area contributed by atoms with E-state index in [2.05, 4.69) is 20.3 Å². The Morgan fingerprint density at radius 1 is 1.47 bits per heavy atom. The van der Waals surface area contributed by atoms with E-state index < -0.39 is 5.97 Å². The van der Waals surface area contributed by atoms with E-state index in [1.165, 1.54) is 7.11 Å². The lowest BCUT2D eigenvalue weighted by Crippen LogP contribution is -2.00. The van der Waals surface area contributed by atoms with Gasteiger partial charge in [-0.15, -0.1) is 10.2 Å². The first kappa shape index (κ1) is 11.0. The zero-order valence-electron chi connectivity index (χ0n) is 8.82. The highest BCUT2D eigenvalue weighted by molar-refractivity contribution is 5.68. The molecule has 0 aliphatic heterocycles. The standard InChI is InChI=1S/C9H8N4O4/c1-16-6-3-2-5(11-12-6)9-10-7(17-13-9)4-8(14)15/h2-3H,4H2,1H3,(H,14,15). The number of methoxy groups -OCH3 is 1. The number of hydrogen-bond acceptors (Lipinski definition) is 7. The minimum Gasteiger partial charge on any atom is -0.481 e. The van der Waals surface area contributed by atoms with Crippen LogP contribution in [0.15, 0.2) is 16.7 Å². The van der Waals surface area contributed by atoms with Gasteiger partial charge in [-0.2, -0.15) is 4.98 Å². The molecule has 0 bridgehead atoms. The highest BCUT2D eigenvalue weighted by Crippen LogP contribution is 2.14. The fourth-order valence-electron chi connectivity index (χ4n) is 1.11. The van der Waals surface area contributed by atoms with Gasteiger partial charge in [0.2, 0.25) is 17.6 Å². The molecule has 0 radical (unpaired) electrons. The van der Waals surface area contributed by atoms with Gasteiger partial charge in [0, 0.05) is 6.07 Å². The Balaban J connectivity index is 2.21. The van der Waals surface area contributed by atoms with Crippen LogP contribution < -0.4 is 4.74 Å². The number of aromatic nitrogens is 4. The molecule has 88 valence electrons. The minimum atomic E-state index is -1.04. The van der Waals surface area contributed by atoms with Gasteiger partial charge in [0.05, 0.1) is 7.11 Å². The van der Waals surface area contributed by atoms with Crippen molar-refractivity contribution < 1.29 is 19.2 Å². The summed E-state index contributed by atoms with van der Waals surface area (Å²) in [7, 11) is 1.48. The maximum atomic E-state index is 10.4. The van der Waals surface area contributed by atoms with Crippen LogP contribution in [0.4, 0.5) is 0 Å². The van der Waals surface area contributed by atoms with Crippen molar-refractivity contribution in [2.75, 3.05) is 7.11 Å². The van der Waals surface area contributed by atoms with Crippen LogP contribution in [0.2, 0.25) is 0 Å².